The molecule has 1 aromatic carbocycles. The second-order valence-corrected chi connectivity index (χ2v) is 7.20. The lowest BCUT2D eigenvalue weighted by Crippen LogP contribution is -2.21. The van der Waals surface area contributed by atoms with Gasteiger partial charge in [0.05, 0.1) is 0 Å². The van der Waals surface area contributed by atoms with E-state index in [0.29, 0.717) is 6.42 Å². The molecule has 0 unspecified atom stereocenters. The van der Waals surface area contributed by atoms with Gasteiger partial charge in [0.1, 0.15) is 9.75 Å². The highest BCUT2D eigenvalue weighted by Crippen LogP contribution is 2.64. The van der Waals surface area contributed by atoms with E-state index < -0.39 is 15.7 Å². The number of ether oxygens (including phenoxy) is 1. The van der Waals surface area contributed by atoms with Gasteiger partial charge in [-0.1, -0.05) is 18.2 Å². The van der Waals surface area contributed by atoms with Crippen molar-refractivity contribution in [2.24, 2.45) is 5.41 Å². The van der Waals surface area contributed by atoms with E-state index in [0.717, 1.165) is 5.69 Å². The van der Waals surface area contributed by atoms with Crippen LogP contribution in [0.25, 0.3) is 0 Å². The molecule has 1 heterocycles. The maximum absolute atomic E-state index is 12.1. The van der Waals surface area contributed by atoms with Crippen molar-refractivity contribution < 1.29 is 9.53 Å². The normalized spacial score (nSPS) is 21.1. The first-order valence-corrected chi connectivity index (χ1v) is 7.93. The molecular formula is C15H15Cl2N5O2. The van der Waals surface area contributed by atoms with Crippen LogP contribution in [0.1, 0.15) is 19.2 Å². The zero-order valence-corrected chi connectivity index (χ0v) is 14.3. The Morgan fingerprint density at radius 2 is 1.96 bits per heavy atom. The lowest BCUT2D eigenvalue weighted by molar-refractivity contribution is -0.151. The SMILES string of the molecule is C[C@]1(C(=O)OCc2nc(N)nc(Nc3ccccc3)n2)CC1(Cl)Cl. The fourth-order valence-corrected chi connectivity index (χ4v) is 2.81. The Hall–Kier alpha value is -2.12. The van der Waals surface area contributed by atoms with Gasteiger partial charge in [0, 0.05) is 12.1 Å². The van der Waals surface area contributed by atoms with Crippen molar-refractivity contribution in [3.8, 4) is 0 Å². The number of carbonyl (C=O) groups excluding carboxylic acids is 1. The summed E-state index contributed by atoms with van der Waals surface area (Å²) in [6.45, 7) is 1.51. The topological polar surface area (TPSA) is 103 Å². The first-order valence-electron chi connectivity index (χ1n) is 7.18. The number of anilines is 3. The summed E-state index contributed by atoms with van der Waals surface area (Å²) in [7, 11) is 0. The molecule has 0 saturated heterocycles. The quantitative estimate of drug-likeness (QED) is 0.618. The van der Waals surface area contributed by atoms with Crippen molar-refractivity contribution in [3.05, 3.63) is 36.2 Å². The maximum Gasteiger partial charge on any atom is 0.315 e. The van der Waals surface area contributed by atoms with Crippen LogP contribution in [-0.2, 0) is 16.1 Å². The summed E-state index contributed by atoms with van der Waals surface area (Å²) < 4.78 is 4.13. The molecule has 1 saturated carbocycles. The van der Waals surface area contributed by atoms with E-state index in [1.54, 1.807) is 6.92 Å². The van der Waals surface area contributed by atoms with Crippen LogP contribution in [0.15, 0.2) is 30.3 Å². The second-order valence-electron chi connectivity index (χ2n) is 5.71. The summed E-state index contributed by atoms with van der Waals surface area (Å²) in [5.74, 6) is 0.0230. The van der Waals surface area contributed by atoms with Crippen LogP contribution in [-0.4, -0.2) is 25.3 Å². The number of rotatable bonds is 5. The molecule has 0 spiro atoms. The number of para-hydroxylation sites is 1. The molecule has 24 heavy (non-hydrogen) atoms. The van der Waals surface area contributed by atoms with E-state index in [1.165, 1.54) is 0 Å². The summed E-state index contributed by atoms with van der Waals surface area (Å²) in [4.78, 5) is 24.2. The lowest BCUT2D eigenvalue weighted by Gasteiger charge is -2.12. The third-order valence-corrected chi connectivity index (χ3v) is 4.87. The second kappa shape index (κ2) is 6.07. The van der Waals surface area contributed by atoms with Crippen LogP contribution in [0.5, 0.6) is 0 Å². The minimum Gasteiger partial charge on any atom is -0.457 e. The summed E-state index contributed by atoms with van der Waals surface area (Å²) in [5.41, 5.74) is 5.57. The number of halogens is 2. The molecule has 1 aliphatic rings. The van der Waals surface area contributed by atoms with Crippen molar-refractivity contribution in [2.75, 3.05) is 11.1 Å². The molecule has 3 N–H and O–H groups in total. The summed E-state index contributed by atoms with van der Waals surface area (Å²) in [5, 5.41) is 3.00. The van der Waals surface area contributed by atoms with Gasteiger partial charge in [-0.3, -0.25) is 4.79 Å². The first-order chi connectivity index (χ1) is 11.3. The molecule has 1 aliphatic carbocycles. The molecule has 1 atom stereocenters. The predicted octanol–water partition coefficient (Wildman–Crippen LogP) is 2.82. The predicted molar refractivity (Wildman–Crippen MR) is 90.9 cm³/mol. The summed E-state index contributed by atoms with van der Waals surface area (Å²) in [6.07, 6.45) is 0.349. The Morgan fingerprint density at radius 1 is 1.29 bits per heavy atom. The zero-order valence-electron chi connectivity index (χ0n) is 12.8. The number of nitrogen functional groups attached to an aromatic ring is 1. The van der Waals surface area contributed by atoms with Crippen LogP contribution >= 0.6 is 23.2 Å². The zero-order chi connectivity index (χ0) is 17.4. The maximum atomic E-state index is 12.1. The van der Waals surface area contributed by atoms with Crippen molar-refractivity contribution in [1.82, 2.24) is 15.0 Å². The van der Waals surface area contributed by atoms with Crippen LogP contribution in [0.2, 0.25) is 0 Å². The Labute approximate surface area is 148 Å². The van der Waals surface area contributed by atoms with Crippen LogP contribution in [0.4, 0.5) is 17.6 Å². The summed E-state index contributed by atoms with van der Waals surface area (Å²) in [6, 6.07) is 9.35. The van der Waals surface area contributed by atoms with Gasteiger partial charge in [0.2, 0.25) is 11.9 Å². The molecule has 1 aromatic heterocycles. The van der Waals surface area contributed by atoms with Crippen LogP contribution in [0.3, 0.4) is 0 Å². The van der Waals surface area contributed by atoms with E-state index in [-0.39, 0.29) is 24.3 Å². The highest BCUT2D eigenvalue weighted by Gasteiger charge is 2.69. The number of benzene rings is 1. The van der Waals surface area contributed by atoms with Crippen molar-refractivity contribution >= 4 is 46.8 Å². The Kier molecular flexibility index (Phi) is 4.23. The van der Waals surface area contributed by atoms with E-state index >= 15 is 0 Å². The molecule has 126 valence electrons. The fraction of sp³-hybridized carbons (Fsp3) is 0.333. The highest BCUT2D eigenvalue weighted by molar-refractivity contribution is 6.53. The van der Waals surface area contributed by atoms with Crippen LogP contribution < -0.4 is 11.1 Å². The molecule has 0 aliphatic heterocycles. The molecule has 0 radical (unpaired) electrons. The Balaban J connectivity index is 1.67. The molecule has 2 aromatic rings. The van der Waals surface area contributed by atoms with Crippen molar-refractivity contribution in [2.45, 2.75) is 24.3 Å². The third kappa shape index (κ3) is 3.37. The largest absolute Gasteiger partial charge is 0.457 e. The first kappa shape index (κ1) is 16.7. The number of hydrogen-bond donors (Lipinski definition) is 2. The van der Waals surface area contributed by atoms with E-state index in [9.17, 15) is 4.79 Å². The number of nitrogens with one attached hydrogen (secondary N) is 1. The number of nitrogens with two attached hydrogens (primary N) is 1. The van der Waals surface area contributed by atoms with Gasteiger partial charge in [-0.15, -0.1) is 23.2 Å². The van der Waals surface area contributed by atoms with Gasteiger partial charge in [0.25, 0.3) is 0 Å². The smallest absolute Gasteiger partial charge is 0.315 e. The highest BCUT2D eigenvalue weighted by atomic mass is 35.5. The van der Waals surface area contributed by atoms with Gasteiger partial charge < -0.3 is 15.8 Å². The monoisotopic (exact) mass is 367 g/mol. The standard InChI is InChI=1S/C15H15Cl2N5O2/c1-14(8-15(14,16)17)11(23)24-7-10-20-12(18)22-13(21-10)19-9-5-3-2-4-6-9/h2-6H,7-8H2,1H3,(H3,18,19,20,21,22)/t14-/m1/s1. The average molecular weight is 368 g/mol. The van der Waals surface area contributed by atoms with Gasteiger partial charge >= 0.3 is 5.97 Å². The molecule has 0 bridgehead atoms. The van der Waals surface area contributed by atoms with Gasteiger partial charge in [0.15, 0.2) is 12.4 Å². The average Bonchev–Trinajstić information content (AvgIpc) is 3.05. The van der Waals surface area contributed by atoms with Gasteiger partial charge in [-0.05, 0) is 19.1 Å². The Bertz CT molecular complexity index is 772. The van der Waals surface area contributed by atoms with Gasteiger partial charge in [-0.2, -0.15) is 15.0 Å². The minimum atomic E-state index is -1.08. The molecule has 0 amide bonds. The molecule has 9 heteroatoms. The van der Waals surface area contributed by atoms with Gasteiger partial charge in [-0.25, -0.2) is 0 Å². The minimum absolute atomic E-state index is 0.0242. The number of esters is 1. The Morgan fingerprint density at radius 3 is 2.58 bits per heavy atom. The summed E-state index contributed by atoms with van der Waals surface area (Å²) >= 11 is 11.9. The number of nitrogens with zero attached hydrogens (tertiary/aromatic N) is 3. The van der Waals surface area contributed by atoms with Crippen LogP contribution in [0, 0.1) is 5.41 Å². The molecular weight excluding hydrogens is 353 g/mol. The number of alkyl halides is 2. The third-order valence-electron chi connectivity index (χ3n) is 3.77. The van der Waals surface area contributed by atoms with E-state index in [4.69, 9.17) is 33.7 Å². The number of aromatic nitrogens is 3. The molecule has 3 rings (SSSR count). The van der Waals surface area contributed by atoms with E-state index in [1.807, 2.05) is 30.3 Å². The lowest BCUT2D eigenvalue weighted by atomic mass is 10.1. The molecule has 7 nitrogen and oxygen atoms in total. The number of carbonyl (C=O) groups is 1. The van der Waals surface area contributed by atoms with Crippen molar-refractivity contribution in [3.63, 3.8) is 0 Å². The molecule has 1 fully saturated rings. The number of hydrogen-bond acceptors (Lipinski definition) is 7. The van der Waals surface area contributed by atoms with E-state index in [2.05, 4.69) is 20.3 Å². The fourth-order valence-electron chi connectivity index (χ4n) is 2.12. The van der Waals surface area contributed by atoms with Crippen molar-refractivity contribution in [1.29, 1.82) is 0 Å².